The largest absolute Gasteiger partial charge is 0.356 e. The van der Waals surface area contributed by atoms with E-state index in [1.165, 1.54) is 12.3 Å². The molecule has 0 aromatic heterocycles. The molecule has 2 aromatic rings. The quantitative estimate of drug-likeness (QED) is 0.255. The average molecular weight is 519 g/mol. The zero-order valence-corrected chi connectivity index (χ0v) is 19.5. The molecular weight excluding hydrogens is 492 g/mol. The van der Waals surface area contributed by atoms with E-state index in [4.69, 9.17) is 0 Å². The van der Waals surface area contributed by atoms with Crippen LogP contribution in [0.2, 0.25) is 0 Å². The van der Waals surface area contributed by atoms with Gasteiger partial charge in [0.1, 0.15) is 5.82 Å². The molecule has 0 fully saturated rings. The van der Waals surface area contributed by atoms with Gasteiger partial charge >= 0.3 is 0 Å². The van der Waals surface area contributed by atoms with Crippen molar-refractivity contribution in [3.63, 3.8) is 0 Å². The minimum Gasteiger partial charge on any atom is -0.356 e. The van der Waals surface area contributed by atoms with Crippen LogP contribution in [0.3, 0.4) is 0 Å². The number of sulfone groups is 1. The van der Waals surface area contributed by atoms with Gasteiger partial charge in [-0.1, -0.05) is 24.3 Å². The molecule has 28 heavy (non-hydrogen) atoms. The smallest absolute Gasteiger partial charge is 0.191 e. The number of guanidine groups is 1. The number of nitrogens with zero attached hydrogens (tertiary/aromatic N) is 1. The van der Waals surface area contributed by atoms with Crippen molar-refractivity contribution in [2.45, 2.75) is 31.2 Å². The van der Waals surface area contributed by atoms with Crippen LogP contribution in [0.15, 0.2) is 52.4 Å². The Bertz CT molecular complexity index is 917. The Kier molecular flexibility index (Phi) is 9.88. The Hall–Kier alpha value is -1.68. The lowest BCUT2D eigenvalue weighted by atomic mass is 10.1. The molecule has 0 atom stereocenters. The summed E-state index contributed by atoms with van der Waals surface area (Å²) in [7, 11) is -1.51. The van der Waals surface area contributed by atoms with E-state index in [9.17, 15) is 12.8 Å². The van der Waals surface area contributed by atoms with Crippen LogP contribution in [0.25, 0.3) is 0 Å². The first-order valence-corrected chi connectivity index (χ1v) is 10.7. The molecule has 0 aliphatic carbocycles. The molecule has 2 N–H and O–H groups in total. The van der Waals surface area contributed by atoms with Crippen LogP contribution in [-0.2, 0) is 22.8 Å². The maximum atomic E-state index is 13.2. The Balaban J connectivity index is 0.00000392. The molecular formula is C20H27FIN3O2S. The lowest BCUT2D eigenvalue weighted by Gasteiger charge is -2.13. The lowest BCUT2D eigenvalue weighted by Crippen LogP contribution is -2.37. The summed E-state index contributed by atoms with van der Waals surface area (Å²) < 4.78 is 36.5. The van der Waals surface area contributed by atoms with Gasteiger partial charge in [-0.05, 0) is 54.7 Å². The summed E-state index contributed by atoms with van der Waals surface area (Å²) >= 11 is 0. The van der Waals surface area contributed by atoms with Gasteiger partial charge in [-0.2, -0.15) is 0 Å². The number of halogens is 2. The second-order valence-electron chi connectivity index (χ2n) is 6.46. The Morgan fingerprint density at radius 3 is 2.46 bits per heavy atom. The van der Waals surface area contributed by atoms with Crippen LogP contribution in [0, 0.1) is 12.7 Å². The van der Waals surface area contributed by atoms with Crippen LogP contribution in [0.5, 0.6) is 0 Å². The number of aliphatic imine (C=N–C) groups is 1. The molecule has 5 nitrogen and oxygen atoms in total. The molecule has 2 aromatic carbocycles. The fourth-order valence-corrected chi connectivity index (χ4v) is 3.79. The SMILES string of the molecule is CN=C(NCCCc1cccc(F)c1)NCc1ccc(S(C)(=O)=O)c(C)c1.I. The van der Waals surface area contributed by atoms with Gasteiger partial charge in [-0.15, -0.1) is 24.0 Å². The highest BCUT2D eigenvalue weighted by molar-refractivity contribution is 14.0. The van der Waals surface area contributed by atoms with E-state index in [1.807, 2.05) is 12.1 Å². The van der Waals surface area contributed by atoms with Gasteiger partial charge in [0, 0.05) is 26.4 Å². The van der Waals surface area contributed by atoms with Crippen molar-refractivity contribution in [2.75, 3.05) is 19.8 Å². The molecule has 0 aliphatic rings. The molecule has 0 bridgehead atoms. The average Bonchev–Trinajstić information content (AvgIpc) is 2.60. The highest BCUT2D eigenvalue weighted by atomic mass is 127. The molecule has 8 heteroatoms. The maximum absolute atomic E-state index is 13.2. The van der Waals surface area contributed by atoms with Gasteiger partial charge in [-0.25, -0.2) is 12.8 Å². The molecule has 0 radical (unpaired) electrons. The first kappa shape index (κ1) is 24.4. The summed E-state index contributed by atoms with van der Waals surface area (Å²) in [6.07, 6.45) is 2.85. The van der Waals surface area contributed by atoms with Crippen molar-refractivity contribution in [1.29, 1.82) is 0 Å². The summed E-state index contributed by atoms with van der Waals surface area (Å²) in [6, 6.07) is 11.9. The second kappa shape index (κ2) is 11.4. The molecule has 0 amide bonds. The molecule has 0 saturated carbocycles. The third-order valence-corrected chi connectivity index (χ3v) is 5.40. The van der Waals surface area contributed by atoms with Crippen LogP contribution < -0.4 is 10.6 Å². The van der Waals surface area contributed by atoms with Crippen molar-refractivity contribution >= 4 is 39.8 Å². The molecule has 0 heterocycles. The number of hydrogen-bond donors (Lipinski definition) is 2. The topological polar surface area (TPSA) is 70.6 Å². The standard InChI is InChI=1S/C20H26FN3O2S.HI/c1-15-12-17(9-10-19(15)27(3,25)26)14-24-20(22-2)23-11-5-7-16-6-4-8-18(21)13-16;/h4,6,8-10,12-13H,5,7,11,14H2,1-3H3,(H2,22,23,24);1H. The summed E-state index contributed by atoms with van der Waals surface area (Å²) in [4.78, 5) is 4.53. The zero-order chi connectivity index (χ0) is 19.9. The van der Waals surface area contributed by atoms with E-state index < -0.39 is 9.84 Å². The first-order chi connectivity index (χ1) is 12.8. The molecule has 0 saturated heterocycles. The van der Waals surface area contributed by atoms with Gasteiger partial charge in [0.25, 0.3) is 0 Å². The second-order valence-corrected chi connectivity index (χ2v) is 8.44. The van der Waals surface area contributed by atoms with Gasteiger partial charge in [0.2, 0.25) is 0 Å². The third-order valence-electron chi connectivity index (χ3n) is 4.15. The summed E-state index contributed by atoms with van der Waals surface area (Å²) in [5.74, 6) is 0.453. The lowest BCUT2D eigenvalue weighted by molar-refractivity contribution is 0.601. The number of nitrogens with one attached hydrogen (secondary N) is 2. The maximum Gasteiger partial charge on any atom is 0.191 e. The predicted molar refractivity (Wildman–Crippen MR) is 123 cm³/mol. The first-order valence-electron chi connectivity index (χ1n) is 8.78. The fourth-order valence-electron chi connectivity index (χ4n) is 2.84. The summed E-state index contributed by atoms with van der Waals surface area (Å²) in [6.45, 7) is 3.04. The third kappa shape index (κ3) is 7.75. The van der Waals surface area contributed by atoms with Crippen molar-refractivity contribution in [2.24, 2.45) is 4.99 Å². The van der Waals surface area contributed by atoms with Crippen molar-refractivity contribution in [3.8, 4) is 0 Å². The molecule has 0 aliphatic heterocycles. The van der Waals surface area contributed by atoms with Gasteiger partial charge in [0.05, 0.1) is 4.90 Å². The fraction of sp³-hybridized carbons (Fsp3) is 0.350. The Labute approximate surface area is 183 Å². The van der Waals surface area contributed by atoms with Crippen LogP contribution in [0.4, 0.5) is 4.39 Å². The van der Waals surface area contributed by atoms with Gasteiger partial charge in [0.15, 0.2) is 15.8 Å². The normalized spacial score (nSPS) is 11.6. The highest BCUT2D eigenvalue weighted by Gasteiger charge is 2.10. The minimum absolute atomic E-state index is 0. The number of benzene rings is 2. The highest BCUT2D eigenvalue weighted by Crippen LogP contribution is 2.16. The van der Waals surface area contributed by atoms with E-state index >= 15 is 0 Å². The van der Waals surface area contributed by atoms with Crippen LogP contribution >= 0.6 is 24.0 Å². The van der Waals surface area contributed by atoms with Crippen molar-refractivity contribution in [3.05, 3.63) is 65.0 Å². The van der Waals surface area contributed by atoms with E-state index in [1.54, 1.807) is 38.2 Å². The Morgan fingerprint density at radius 2 is 1.86 bits per heavy atom. The van der Waals surface area contributed by atoms with Crippen molar-refractivity contribution < 1.29 is 12.8 Å². The number of aryl methyl sites for hydroxylation is 2. The predicted octanol–water partition coefficient (Wildman–Crippen LogP) is 3.45. The van der Waals surface area contributed by atoms with Crippen LogP contribution in [0.1, 0.15) is 23.1 Å². The summed E-state index contributed by atoms with van der Waals surface area (Å²) in [5.41, 5.74) is 2.68. The van der Waals surface area contributed by atoms with Crippen molar-refractivity contribution in [1.82, 2.24) is 10.6 Å². The molecule has 154 valence electrons. The summed E-state index contributed by atoms with van der Waals surface area (Å²) in [5, 5.41) is 6.43. The minimum atomic E-state index is -3.21. The van der Waals surface area contributed by atoms with E-state index in [0.717, 1.165) is 29.5 Å². The molecule has 0 unspecified atom stereocenters. The number of hydrogen-bond acceptors (Lipinski definition) is 3. The monoisotopic (exact) mass is 519 g/mol. The van der Waals surface area contributed by atoms with Gasteiger partial charge in [-0.3, -0.25) is 4.99 Å². The van der Waals surface area contributed by atoms with Gasteiger partial charge < -0.3 is 10.6 Å². The number of rotatable bonds is 7. The Morgan fingerprint density at radius 1 is 1.11 bits per heavy atom. The van der Waals surface area contributed by atoms with E-state index in [-0.39, 0.29) is 29.8 Å². The van der Waals surface area contributed by atoms with E-state index in [2.05, 4.69) is 15.6 Å². The van der Waals surface area contributed by atoms with Crippen LogP contribution in [-0.4, -0.2) is 34.2 Å². The zero-order valence-electron chi connectivity index (χ0n) is 16.3. The molecule has 2 rings (SSSR count). The van der Waals surface area contributed by atoms with E-state index in [0.29, 0.717) is 23.9 Å². The molecule has 0 spiro atoms.